The molecule has 0 unspecified atom stereocenters. The Balaban J connectivity index is 1.59. The molecule has 1 saturated heterocycles. The predicted octanol–water partition coefficient (Wildman–Crippen LogP) is 1.79. The lowest BCUT2D eigenvalue weighted by atomic mass is 9.91. The minimum Gasteiger partial charge on any atom is -0.339 e. The van der Waals surface area contributed by atoms with Crippen LogP contribution in [0.4, 0.5) is 0 Å². The van der Waals surface area contributed by atoms with Crippen molar-refractivity contribution in [2.75, 3.05) is 13.1 Å². The van der Waals surface area contributed by atoms with Gasteiger partial charge in [-0.05, 0) is 56.7 Å². The molecule has 2 fully saturated rings. The number of imide groups is 1. The molecule has 25 heavy (non-hydrogen) atoms. The second-order valence-corrected chi connectivity index (χ2v) is 7.31. The van der Waals surface area contributed by atoms with Crippen LogP contribution in [-0.2, 0) is 0 Å². The summed E-state index contributed by atoms with van der Waals surface area (Å²) in [6, 6.07) is 4.99. The second-order valence-electron chi connectivity index (χ2n) is 7.31. The molecule has 2 aliphatic heterocycles. The Morgan fingerprint density at radius 1 is 0.960 bits per heavy atom. The SMILES string of the molecule is NC1CCC(N2C(=O)c3ccc(C(=O)N4CCCC4)cc3C2=O)CC1. The third kappa shape index (κ3) is 2.74. The fourth-order valence-electron chi connectivity index (χ4n) is 4.19. The van der Waals surface area contributed by atoms with E-state index in [9.17, 15) is 14.4 Å². The topological polar surface area (TPSA) is 83.7 Å². The Labute approximate surface area is 147 Å². The molecule has 2 heterocycles. The quantitative estimate of drug-likeness (QED) is 0.831. The molecule has 0 atom stereocenters. The first kappa shape index (κ1) is 16.3. The van der Waals surface area contributed by atoms with E-state index in [2.05, 4.69) is 0 Å². The summed E-state index contributed by atoms with van der Waals surface area (Å²) in [6.07, 6.45) is 5.21. The minimum absolute atomic E-state index is 0.0531. The summed E-state index contributed by atoms with van der Waals surface area (Å²) in [6.45, 7) is 1.52. The Bertz CT molecular complexity index is 731. The number of amides is 3. The summed E-state index contributed by atoms with van der Waals surface area (Å²) in [5.41, 5.74) is 7.21. The van der Waals surface area contributed by atoms with Gasteiger partial charge in [0, 0.05) is 30.7 Å². The number of hydrogen-bond donors (Lipinski definition) is 1. The van der Waals surface area contributed by atoms with E-state index >= 15 is 0 Å². The maximum atomic E-state index is 12.8. The summed E-state index contributed by atoms with van der Waals surface area (Å²) in [5, 5.41) is 0. The van der Waals surface area contributed by atoms with Crippen LogP contribution in [0, 0.1) is 0 Å². The number of nitrogens with two attached hydrogens (primary N) is 1. The normalized spacial score (nSPS) is 26.3. The van der Waals surface area contributed by atoms with Gasteiger partial charge in [-0.1, -0.05) is 0 Å². The predicted molar refractivity (Wildman–Crippen MR) is 92.3 cm³/mol. The molecule has 0 radical (unpaired) electrons. The maximum Gasteiger partial charge on any atom is 0.261 e. The van der Waals surface area contributed by atoms with Crippen molar-refractivity contribution in [2.24, 2.45) is 5.73 Å². The van der Waals surface area contributed by atoms with Crippen molar-refractivity contribution >= 4 is 17.7 Å². The first-order valence-electron chi connectivity index (χ1n) is 9.13. The van der Waals surface area contributed by atoms with Gasteiger partial charge in [0.05, 0.1) is 11.1 Å². The molecular formula is C19H23N3O3. The first-order chi connectivity index (χ1) is 12.1. The van der Waals surface area contributed by atoms with Gasteiger partial charge in [0.15, 0.2) is 0 Å². The highest BCUT2D eigenvalue weighted by molar-refractivity contribution is 6.22. The smallest absolute Gasteiger partial charge is 0.261 e. The van der Waals surface area contributed by atoms with E-state index in [-0.39, 0.29) is 29.8 Å². The summed E-state index contributed by atoms with van der Waals surface area (Å²) in [5.74, 6) is -0.556. The average Bonchev–Trinajstić information content (AvgIpc) is 3.24. The highest BCUT2D eigenvalue weighted by Gasteiger charge is 2.41. The van der Waals surface area contributed by atoms with Gasteiger partial charge in [-0.2, -0.15) is 0 Å². The van der Waals surface area contributed by atoms with E-state index in [1.54, 1.807) is 18.2 Å². The van der Waals surface area contributed by atoms with Crippen molar-refractivity contribution in [3.63, 3.8) is 0 Å². The number of fused-ring (bicyclic) bond motifs is 1. The maximum absolute atomic E-state index is 12.8. The summed E-state index contributed by atoms with van der Waals surface area (Å²) in [7, 11) is 0. The van der Waals surface area contributed by atoms with E-state index in [1.165, 1.54) is 4.90 Å². The molecule has 0 spiro atoms. The van der Waals surface area contributed by atoms with Crippen molar-refractivity contribution < 1.29 is 14.4 Å². The number of rotatable bonds is 2. The molecular weight excluding hydrogens is 318 g/mol. The van der Waals surface area contributed by atoms with Crippen LogP contribution < -0.4 is 5.73 Å². The highest BCUT2D eigenvalue weighted by Crippen LogP contribution is 2.31. The van der Waals surface area contributed by atoms with E-state index in [0.29, 0.717) is 16.7 Å². The van der Waals surface area contributed by atoms with Crippen LogP contribution in [0.15, 0.2) is 18.2 Å². The van der Waals surface area contributed by atoms with E-state index < -0.39 is 0 Å². The molecule has 0 bridgehead atoms. The monoisotopic (exact) mass is 341 g/mol. The van der Waals surface area contributed by atoms with E-state index in [1.807, 2.05) is 4.90 Å². The van der Waals surface area contributed by atoms with Crippen LogP contribution in [0.5, 0.6) is 0 Å². The Kier molecular flexibility index (Phi) is 4.07. The number of nitrogens with zero attached hydrogens (tertiary/aromatic N) is 2. The Hall–Kier alpha value is -2.21. The zero-order chi connectivity index (χ0) is 17.6. The lowest BCUT2D eigenvalue weighted by Crippen LogP contribution is -2.43. The Morgan fingerprint density at radius 3 is 2.28 bits per heavy atom. The number of benzene rings is 1. The largest absolute Gasteiger partial charge is 0.339 e. The fourth-order valence-corrected chi connectivity index (χ4v) is 4.19. The van der Waals surface area contributed by atoms with Crippen molar-refractivity contribution in [3.05, 3.63) is 34.9 Å². The number of likely N-dealkylation sites (tertiary alicyclic amines) is 1. The molecule has 1 aromatic rings. The summed E-state index contributed by atoms with van der Waals surface area (Å²) in [4.78, 5) is 41.3. The molecule has 0 aromatic heterocycles. The first-order valence-corrected chi connectivity index (χ1v) is 9.13. The lowest BCUT2D eigenvalue weighted by molar-refractivity contribution is 0.0542. The van der Waals surface area contributed by atoms with E-state index in [4.69, 9.17) is 5.73 Å². The molecule has 1 aliphatic carbocycles. The van der Waals surface area contributed by atoms with Gasteiger partial charge in [-0.15, -0.1) is 0 Å². The lowest BCUT2D eigenvalue weighted by Gasteiger charge is -2.31. The van der Waals surface area contributed by atoms with Gasteiger partial charge in [0.25, 0.3) is 17.7 Å². The second kappa shape index (κ2) is 6.26. The molecule has 3 amide bonds. The van der Waals surface area contributed by atoms with E-state index in [0.717, 1.165) is 51.6 Å². The number of hydrogen-bond acceptors (Lipinski definition) is 4. The molecule has 3 aliphatic rings. The number of carbonyl (C=O) groups is 3. The van der Waals surface area contributed by atoms with Crippen molar-refractivity contribution in [1.82, 2.24) is 9.80 Å². The standard InChI is InChI=1S/C19H23N3O3/c20-13-4-6-14(7-5-13)22-18(24)15-8-3-12(11-16(15)19(22)25)17(23)21-9-1-2-10-21/h3,8,11,13-14H,1-2,4-7,9-10,20H2. The zero-order valence-electron chi connectivity index (χ0n) is 14.2. The zero-order valence-corrected chi connectivity index (χ0v) is 14.2. The van der Waals surface area contributed by atoms with Crippen molar-refractivity contribution in [2.45, 2.75) is 50.6 Å². The van der Waals surface area contributed by atoms with Gasteiger partial charge in [0.1, 0.15) is 0 Å². The van der Waals surface area contributed by atoms with Crippen LogP contribution in [0.2, 0.25) is 0 Å². The molecule has 6 heteroatoms. The van der Waals surface area contributed by atoms with Crippen LogP contribution in [0.3, 0.4) is 0 Å². The average molecular weight is 341 g/mol. The molecule has 132 valence electrons. The third-order valence-corrected chi connectivity index (χ3v) is 5.66. The summed E-state index contributed by atoms with van der Waals surface area (Å²) >= 11 is 0. The van der Waals surface area contributed by atoms with Gasteiger partial charge in [0.2, 0.25) is 0 Å². The molecule has 4 rings (SSSR count). The molecule has 6 nitrogen and oxygen atoms in total. The number of carbonyl (C=O) groups excluding carboxylic acids is 3. The van der Waals surface area contributed by atoms with Gasteiger partial charge in [-0.25, -0.2) is 0 Å². The molecule has 2 N–H and O–H groups in total. The van der Waals surface area contributed by atoms with Crippen LogP contribution in [0.25, 0.3) is 0 Å². The third-order valence-electron chi connectivity index (χ3n) is 5.66. The Morgan fingerprint density at radius 2 is 1.60 bits per heavy atom. The van der Waals surface area contributed by atoms with Gasteiger partial charge in [-0.3, -0.25) is 19.3 Å². The van der Waals surface area contributed by atoms with Crippen molar-refractivity contribution in [3.8, 4) is 0 Å². The van der Waals surface area contributed by atoms with Crippen LogP contribution in [-0.4, -0.2) is 52.7 Å². The fraction of sp³-hybridized carbons (Fsp3) is 0.526. The highest BCUT2D eigenvalue weighted by atomic mass is 16.2. The van der Waals surface area contributed by atoms with Crippen LogP contribution in [0.1, 0.15) is 69.6 Å². The van der Waals surface area contributed by atoms with Crippen molar-refractivity contribution in [1.29, 1.82) is 0 Å². The van der Waals surface area contributed by atoms with Gasteiger partial charge >= 0.3 is 0 Å². The summed E-state index contributed by atoms with van der Waals surface area (Å²) < 4.78 is 0. The molecule has 1 saturated carbocycles. The van der Waals surface area contributed by atoms with Crippen LogP contribution >= 0.6 is 0 Å². The molecule has 1 aromatic carbocycles. The van der Waals surface area contributed by atoms with Gasteiger partial charge < -0.3 is 10.6 Å². The minimum atomic E-state index is -0.267.